The minimum atomic E-state index is -0.445. The van der Waals surface area contributed by atoms with Gasteiger partial charge in [0.15, 0.2) is 11.6 Å². The van der Waals surface area contributed by atoms with E-state index in [0.29, 0.717) is 29.7 Å². The van der Waals surface area contributed by atoms with Crippen molar-refractivity contribution in [2.24, 2.45) is 5.92 Å². The van der Waals surface area contributed by atoms with Crippen molar-refractivity contribution in [3.8, 4) is 16.9 Å². The second-order valence-corrected chi connectivity index (χ2v) is 10.6. The maximum Gasteiger partial charge on any atom is 0.294 e. The monoisotopic (exact) mass is 564 g/mol. The molecule has 0 fully saturated rings. The maximum atomic E-state index is 13.9. The summed E-state index contributed by atoms with van der Waals surface area (Å²) in [7, 11) is 0. The average Bonchev–Trinajstić information content (AvgIpc) is 3.33. The molecule has 42 heavy (non-hydrogen) atoms. The summed E-state index contributed by atoms with van der Waals surface area (Å²) in [5.41, 5.74) is 4.83. The van der Waals surface area contributed by atoms with E-state index in [1.54, 1.807) is 48.9 Å². The molecule has 0 bridgehead atoms. The topological polar surface area (TPSA) is 86.0 Å². The lowest BCUT2D eigenvalue weighted by atomic mass is 10.0. The van der Waals surface area contributed by atoms with Gasteiger partial charge < -0.3 is 9.88 Å². The minimum absolute atomic E-state index is 0.00188. The molecule has 0 saturated heterocycles. The Balaban J connectivity index is 1.60. The fourth-order valence-electron chi connectivity index (χ4n) is 5.01. The number of hydrogen-bond acceptors (Lipinski definition) is 4. The predicted octanol–water partition coefficient (Wildman–Crippen LogP) is 6.93. The van der Waals surface area contributed by atoms with Crippen LogP contribution in [-0.4, -0.2) is 25.8 Å². The van der Waals surface area contributed by atoms with E-state index in [-0.39, 0.29) is 35.8 Å². The third-order valence-electron chi connectivity index (χ3n) is 7.65. The van der Waals surface area contributed by atoms with Crippen LogP contribution in [0, 0.1) is 18.7 Å². The number of Topliss-reactive ketones (excluding diaryl/α,β-unsaturated/α-hetero) is 1. The zero-order valence-electron chi connectivity index (χ0n) is 24.1. The van der Waals surface area contributed by atoms with Gasteiger partial charge in [-0.15, -0.1) is 0 Å². The molecule has 0 aliphatic rings. The number of fused-ring (bicyclic) bond motifs is 1. The summed E-state index contributed by atoms with van der Waals surface area (Å²) in [5, 5.41) is 3.53. The number of amides is 1. The van der Waals surface area contributed by atoms with Gasteiger partial charge in [-0.25, -0.2) is 9.37 Å². The zero-order valence-corrected chi connectivity index (χ0v) is 24.1. The highest BCUT2D eigenvalue weighted by atomic mass is 19.1. The number of aryl methyl sites for hydroxylation is 1. The molecule has 1 amide bonds. The lowest BCUT2D eigenvalue weighted by Gasteiger charge is -2.17. The highest BCUT2D eigenvalue weighted by Gasteiger charge is 2.18. The second-order valence-electron chi connectivity index (χ2n) is 10.6. The first-order valence-corrected chi connectivity index (χ1v) is 14.1. The first kappa shape index (κ1) is 28.7. The van der Waals surface area contributed by atoms with Gasteiger partial charge in [0.05, 0.1) is 24.0 Å². The summed E-state index contributed by atoms with van der Waals surface area (Å²) in [4.78, 5) is 43.2. The molecule has 0 unspecified atom stereocenters. The van der Waals surface area contributed by atoms with Crippen LogP contribution in [0.15, 0.2) is 83.9 Å². The summed E-state index contributed by atoms with van der Waals surface area (Å²) in [6, 6.07) is 19.6. The standard InChI is InChI=1S/C34H33FN4O3/c1-5-21(3)33(41)37-32-34(42)39(30(18-36-32)24-10-8-11-25(16-24)31(40)6-2)20-23-9-7-12-27(15-23)38-19-22(4)28-17-26(35)13-14-29(28)38/h7-19,21H,5-6,20H2,1-4H3,(H,36,37,41)/t21-/m1/s1. The molecule has 2 aromatic heterocycles. The van der Waals surface area contributed by atoms with E-state index in [2.05, 4.69) is 10.3 Å². The predicted molar refractivity (Wildman–Crippen MR) is 164 cm³/mol. The molecule has 7 nitrogen and oxygen atoms in total. The van der Waals surface area contributed by atoms with Gasteiger partial charge >= 0.3 is 0 Å². The summed E-state index contributed by atoms with van der Waals surface area (Å²) >= 11 is 0. The number of nitrogens with zero attached hydrogens (tertiary/aromatic N) is 3. The SMILES string of the molecule is CCC(=O)c1cccc(-c2cnc(NC(=O)[C@H](C)CC)c(=O)n2Cc2cccc(-n3cc(C)c4cc(F)ccc43)c2)c1. The van der Waals surface area contributed by atoms with E-state index in [9.17, 15) is 18.8 Å². The highest BCUT2D eigenvalue weighted by Crippen LogP contribution is 2.27. The third-order valence-corrected chi connectivity index (χ3v) is 7.65. The van der Waals surface area contributed by atoms with Crippen LogP contribution < -0.4 is 10.9 Å². The Kier molecular flexibility index (Phi) is 8.15. The Morgan fingerprint density at radius 3 is 2.57 bits per heavy atom. The summed E-state index contributed by atoms with van der Waals surface area (Å²) in [5.74, 6) is -0.887. The number of halogens is 1. The van der Waals surface area contributed by atoms with E-state index in [1.165, 1.54) is 12.1 Å². The van der Waals surface area contributed by atoms with Gasteiger partial charge in [-0.1, -0.05) is 51.1 Å². The van der Waals surface area contributed by atoms with E-state index in [0.717, 1.165) is 27.7 Å². The molecule has 0 spiro atoms. The van der Waals surface area contributed by atoms with Crippen LogP contribution in [0.2, 0.25) is 0 Å². The molecule has 2 heterocycles. The Bertz CT molecular complexity index is 1870. The van der Waals surface area contributed by atoms with Crippen molar-refractivity contribution in [3.05, 3.63) is 112 Å². The van der Waals surface area contributed by atoms with Crippen molar-refractivity contribution < 1.29 is 14.0 Å². The average molecular weight is 565 g/mol. The normalized spacial score (nSPS) is 11.9. The molecule has 5 aromatic rings. The van der Waals surface area contributed by atoms with Gasteiger partial charge in [0.25, 0.3) is 5.56 Å². The number of nitrogens with one attached hydrogen (secondary N) is 1. The number of anilines is 1. The van der Waals surface area contributed by atoms with Crippen molar-refractivity contribution in [3.63, 3.8) is 0 Å². The Labute approximate surface area is 243 Å². The fraction of sp³-hybridized carbons (Fsp3) is 0.235. The van der Waals surface area contributed by atoms with Gasteiger partial charge in [0, 0.05) is 40.7 Å². The molecule has 8 heteroatoms. The molecule has 5 rings (SSSR count). The van der Waals surface area contributed by atoms with E-state index < -0.39 is 5.56 Å². The molecule has 0 saturated carbocycles. The van der Waals surface area contributed by atoms with Crippen LogP contribution >= 0.6 is 0 Å². The minimum Gasteiger partial charge on any atom is -0.316 e. The van der Waals surface area contributed by atoms with Gasteiger partial charge in [-0.05, 0) is 60.9 Å². The first-order valence-electron chi connectivity index (χ1n) is 14.1. The van der Waals surface area contributed by atoms with E-state index in [4.69, 9.17) is 0 Å². The molecule has 1 atom stereocenters. The first-order chi connectivity index (χ1) is 20.2. The maximum absolute atomic E-state index is 13.9. The largest absolute Gasteiger partial charge is 0.316 e. The number of carbonyl (C=O) groups is 2. The molecule has 0 radical (unpaired) electrons. The molecule has 0 aliphatic carbocycles. The fourth-order valence-corrected chi connectivity index (χ4v) is 5.01. The van der Waals surface area contributed by atoms with Gasteiger partial charge in [-0.2, -0.15) is 0 Å². The van der Waals surface area contributed by atoms with E-state index in [1.807, 2.05) is 54.9 Å². The number of rotatable bonds is 9. The van der Waals surface area contributed by atoms with Crippen molar-refractivity contribution in [1.82, 2.24) is 14.1 Å². The molecular weight excluding hydrogens is 531 g/mol. The summed E-state index contributed by atoms with van der Waals surface area (Å²) in [6.07, 6.45) is 4.52. The summed E-state index contributed by atoms with van der Waals surface area (Å²) in [6.45, 7) is 7.64. The zero-order chi connectivity index (χ0) is 30.0. The third kappa shape index (κ3) is 5.65. The molecule has 1 N–H and O–H groups in total. The number of aromatic nitrogens is 3. The van der Waals surface area contributed by atoms with Gasteiger partial charge in [0.1, 0.15) is 5.82 Å². The Morgan fingerprint density at radius 2 is 1.81 bits per heavy atom. The van der Waals surface area contributed by atoms with Crippen LogP contribution in [-0.2, 0) is 11.3 Å². The molecule has 0 aliphatic heterocycles. The number of ketones is 1. The van der Waals surface area contributed by atoms with Crippen LogP contribution in [0.5, 0.6) is 0 Å². The molecular formula is C34H33FN4O3. The lowest BCUT2D eigenvalue weighted by Crippen LogP contribution is -2.30. The quantitative estimate of drug-likeness (QED) is 0.197. The second kappa shape index (κ2) is 11.9. The van der Waals surface area contributed by atoms with Gasteiger partial charge in [-0.3, -0.25) is 19.0 Å². The lowest BCUT2D eigenvalue weighted by molar-refractivity contribution is -0.119. The van der Waals surface area contributed by atoms with Crippen molar-refractivity contribution in [2.75, 3.05) is 5.32 Å². The van der Waals surface area contributed by atoms with Crippen molar-refractivity contribution in [2.45, 2.75) is 47.1 Å². The van der Waals surface area contributed by atoms with Crippen molar-refractivity contribution >= 4 is 28.4 Å². The van der Waals surface area contributed by atoms with Crippen LogP contribution in [0.25, 0.3) is 27.8 Å². The van der Waals surface area contributed by atoms with Crippen molar-refractivity contribution in [1.29, 1.82) is 0 Å². The number of hydrogen-bond donors (Lipinski definition) is 1. The van der Waals surface area contributed by atoms with Crippen LogP contribution in [0.4, 0.5) is 10.2 Å². The summed E-state index contributed by atoms with van der Waals surface area (Å²) < 4.78 is 17.5. The Hall–Kier alpha value is -4.85. The molecule has 3 aromatic carbocycles. The van der Waals surface area contributed by atoms with Crippen LogP contribution in [0.1, 0.15) is 55.1 Å². The Morgan fingerprint density at radius 1 is 1.02 bits per heavy atom. The molecule has 214 valence electrons. The number of carbonyl (C=O) groups excluding carboxylic acids is 2. The smallest absolute Gasteiger partial charge is 0.294 e. The highest BCUT2D eigenvalue weighted by molar-refractivity contribution is 5.97. The van der Waals surface area contributed by atoms with E-state index >= 15 is 0 Å². The number of benzene rings is 3. The van der Waals surface area contributed by atoms with Crippen LogP contribution in [0.3, 0.4) is 0 Å². The van der Waals surface area contributed by atoms with Gasteiger partial charge in [0.2, 0.25) is 5.91 Å².